The number of rotatable bonds is 1. The normalized spacial score (nSPS) is 28.2. The Morgan fingerprint density at radius 3 is 2.18 bits per heavy atom. The molecule has 0 amide bonds. The summed E-state index contributed by atoms with van der Waals surface area (Å²) in [7, 11) is -2.69. The van der Waals surface area contributed by atoms with Crippen LogP contribution in [0.5, 0.6) is 0 Å². The van der Waals surface area contributed by atoms with Gasteiger partial charge in [-0.05, 0) is 6.92 Å². The summed E-state index contributed by atoms with van der Waals surface area (Å²) in [5.74, 6) is 0.667. The van der Waals surface area contributed by atoms with E-state index in [-0.39, 0.29) is 0 Å². The quantitative estimate of drug-likeness (QED) is 0.401. The molecule has 1 aliphatic heterocycles. The van der Waals surface area contributed by atoms with Crippen molar-refractivity contribution >= 4 is 32.4 Å². The van der Waals surface area contributed by atoms with Crippen LogP contribution in [0.25, 0.3) is 0 Å². The molecule has 11 heavy (non-hydrogen) atoms. The van der Waals surface area contributed by atoms with Crippen molar-refractivity contribution in [3.63, 3.8) is 0 Å². The molecule has 1 rings (SSSR count). The van der Waals surface area contributed by atoms with E-state index in [1.165, 1.54) is 0 Å². The molecule has 1 atom stereocenters. The van der Waals surface area contributed by atoms with Crippen molar-refractivity contribution in [3.8, 4) is 0 Å². The van der Waals surface area contributed by atoms with Gasteiger partial charge in [0, 0.05) is 13.1 Å². The van der Waals surface area contributed by atoms with Crippen molar-refractivity contribution in [1.82, 2.24) is 4.90 Å². The lowest BCUT2D eigenvalue weighted by Crippen LogP contribution is -2.42. The second-order valence-corrected chi connectivity index (χ2v) is 6.87. The van der Waals surface area contributed by atoms with E-state index in [0.717, 1.165) is 0 Å². The molecule has 1 unspecified atom stereocenters. The molecule has 0 aromatic rings. The van der Waals surface area contributed by atoms with E-state index in [0.29, 0.717) is 28.6 Å². The van der Waals surface area contributed by atoms with Gasteiger partial charge < -0.3 is 0 Å². The molecule has 0 aliphatic carbocycles. The highest BCUT2D eigenvalue weighted by Gasteiger charge is 2.23. The molecule has 0 bridgehead atoms. The maximum Gasteiger partial charge on any atom is 0.152 e. The van der Waals surface area contributed by atoms with Gasteiger partial charge in [0.05, 0.1) is 15.6 Å². The average Bonchev–Trinajstić information content (AvgIpc) is 1.86. The zero-order valence-corrected chi connectivity index (χ0v) is 9.43. The van der Waals surface area contributed by atoms with E-state index >= 15 is 0 Å². The van der Waals surface area contributed by atoms with E-state index in [2.05, 4.69) is 34.4 Å². The van der Waals surface area contributed by atoms with Gasteiger partial charge in [-0.15, -0.1) is 0 Å². The SMILES string of the molecule is CC(I)N1CCS(=O)(=O)CC1. The van der Waals surface area contributed by atoms with Crippen LogP contribution in [0, 0.1) is 0 Å². The van der Waals surface area contributed by atoms with Gasteiger partial charge in [-0.3, -0.25) is 4.90 Å². The molecule has 0 aromatic carbocycles. The molecular formula is C6H12INO2S. The fourth-order valence-corrected chi connectivity index (χ4v) is 2.87. The zero-order valence-electron chi connectivity index (χ0n) is 6.46. The first-order valence-electron chi connectivity index (χ1n) is 3.60. The van der Waals surface area contributed by atoms with Crippen LogP contribution >= 0.6 is 22.6 Å². The molecule has 0 saturated carbocycles. The Labute approximate surface area is 81.2 Å². The minimum Gasteiger partial charge on any atom is -0.290 e. The fraction of sp³-hybridized carbons (Fsp3) is 1.00. The second kappa shape index (κ2) is 3.57. The zero-order chi connectivity index (χ0) is 8.48. The summed E-state index contributed by atoms with van der Waals surface area (Å²) in [5.41, 5.74) is 0. The number of hydrogen-bond acceptors (Lipinski definition) is 3. The van der Waals surface area contributed by atoms with E-state index in [1.807, 2.05) is 0 Å². The van der Waals surface area contributed by atoms with Gasteiger partial charge in [-0.25, -0.2) is 8.42 Å². The third kappa shape index (κ3) is 2.87. The fourth-order valence-electron chi connectivity index (χ4n) is 1.08. The van der Waals surface area contributed by atoms with Gasteiger partial charge in [-0.1, -0.05) is 22.6 Å². The number of nitrogens with zero attached hydrogens (tertiary/aromatic N) is 1. The smallest absolute Gasteiger partial charge is 0.152 e. The van der Waals surface area contributed by atoms with Gasteiger partial charge in [0.2, 0.25) is 0 Å². The molecule has 3 nitrogen and oxygen atoms in total. The third-order valence-corrected chi connectivity index (χ3v) is 4.28. The minimum atomic E-state index is -2.69. The summed E-state index contributed by atoms with van der Waals surface area (Å²) >= 11 is 2.30. The van der Waals surface area contributed by atoms with Crippen LogP contribution in [0.3, 0.4) is 0 Å². The number of halogens is 1. The Kier molecular flexibility index (Phi) is 3.16. The minimum absolute atomic E-state index is 0.334. The molecular weight excluding hydrogens is 277 g/mol. The molecule has 0 N–H and O–H groups in total. The maximum absolute atomic E-state index is 11.0. The van der Waals surface area contributed by atoms with Crippen LogP contribution in [0.4, 0.5) is 0 Å². The van der Waals surface area contributed by atoms with Crippen LogP contribution in [-0.4, -0.2) is 42.0 Å². The summed E-state index contributed by atoms with van der Waals surface area (Å²) < 4.78 is 22.4. The summed E-state index contributed by atoms with van der Waals surface area (Å²) in [6, 6.07) is 0. The lowest BCUT2D eigenvalue weighted by Gasteiger charge is -2.28. The Morgan fingerprint density at radius 1 is 1.36 bits per heavy atom. The van der Waals surface area contributed by atoms with Crippen molar-refractivity contribution < 1.29 is 8.42 Å². The Hall–Kier alpha value is 0.640. The largest absolute Gasteiger partial charge is 0.290 e. The van der Waals surface area contributed by atoms with Crippen LogP contribution in [0.15, 0.2) is 0 Å². The standard InChI is InChI=1S/C6H12INO2S/c1-6(7)8-2-4-11(9,10)5-3-8/h6H,2-5H2,1H3. The predicted octanol–water partition coefficient (Wildman–Crippen LogP) is 0.498. The highest BCUT2D eigenvalue weighted by Crippen LogP contribution is 2.11. The van der Waals surface area contributed by atoms with E-state index in [4.69, 9.17) is 0 Å². The van der Waals surface area contributed by atoms with Crippen molar-refractivity contribution in [3.05, 3.63) is 0 Å². The highest BCUT2D eigenvalue weighted by atomic mass is 127. The van der Waals surface area contributed by atoms with Gasteiger partial charge in [0.15, 0.2) is 9.84 Å². The number of hydrogen-bond donors (Lipinski definition) is 0. The molecule has 5 heteroatoms. The Balaban J connectivity index is 2.49. The van der Waals surface area contributed by atoms with Crippen molar-refractivity contribution in [1.29, 1.82) is 0 Å². The second-order valence-electron chi connectivity index (χ2n) is 2.76. The van der Waals surface area contributed by atoms with Crippen LogP contribution in [-0.2, 0) is 9.84 Å². The van der Waals surface area contributed by atoms with E-state index in [9.17, 15) is 8.42 Å². The van der Waals surface area contributed by atoms with Gasteiger partial charge in [0.1, 0.15) is 0 Å². The molecule has 66 valence electrons. The monoisotopic (exact) mass is 289 g/mol. The Morgan fingerprint density at radius 2 is 1.82 bits per heavy atom. The number of alkyl halides is 1. The van der Waals surface area contributed by atoms with Gasteiger partial charge >= 0.3 is 0 Å². The van der Waals surface area contributed by atoms with Crippen LogP contribution < -0.4 is 0 Å². The lowest BCUT2D eigenvalue weighted by molar-refractivity contribution is 0.299. The topological polar surface area (TPSA) is 37.4 Å². The first-order valence-corrected chi connectivity index (χ1v) is 6.66. The third-order valence-electron chi connectivity index (χ3n) is 1.88. The first-order chi connectivity index (χ1) is 5.01. The predicted molar refractivity (Wildman–Crippen MR) is 53.7 cm³/mol. The van der Waals surface area contributed by atoms with Gasteiger partial charge in [0.25, 0.3) is 0 Å². The average molecular weight is 289 g/mol. The molecule has 1 aliphatic rings. The Bertz CT molecular complexity index is 211. The van der Waals surface area contributed by atoms with Crippen LogP contribution in [0.1, 0.15) is 6.92 Å². The summed E-state index contributed by atoms with van der Waals surface area (Å²) in [6.45, 7) is 3.48. The molecule has 0 aromatic heterocycles. The summed E-state index contributed by atoms with van der Waals surface area (Å²) in [5, 5.41) is 0. The van der Waals surface area contributed by atoms with E-state index in [1.54, 1.807) is 0 Å². The summed E-state index contributed by atoms with van der Waals surface area (Å²) in [6.07, 6.45) is 0. The maximum atomic E-state index is 11.0. The van der Waals surface area contributed by atoms with Gasteiger partial charge in [-0.2, -0.15) is 0 Å². The van der Waals surface area contributed by atoms with Crippen molar-refractivity contribution in [2.75, 3.05) is 24.6 Å². The molecule has 1 fully saturated rings. The molecule has 0 spiro atoms. The van der Waals surface area contributed by atoms with Crippen molar-refractivity contribution in [2.45, 2.75) is 11.0 Å². The number of sulfone groups is 1. The first kappa shape index (κ1) is 9.73. The molecule has 1 saturated heterocycles. The molecule has 0 radical (unpaired) electrons. The highest BCUT2D eigenvalue weighted by molar-refractivity contribution is 14.1. The van der Waals surface area contributed by atoms with E-state index < -0.39 is 9.84 Å². The lowest BCUT2D eigenvalue weighted by atomic mass is 10.5. The van der Waals surface area contributed by atoms with Crippen LogP contribution in [0.2, 0.25) is 0 Å². The molecule has 1 heterocycles. The van der Waals surface area contributed by atoms with Crippen molar-refractivity contribution in [2.24, 2.45) is 0 Å². The summed E-state index contributed by atoms with van der Waals surface area (Å²) in [4.78, 5) is 2.18.